The molecule has 0 aliphatic heterocycles. The van der Waals surface area contributed by atoms with E-state index in [9.17, 15) is 13.2 Å². The Morgan fingerprint density at radius 2 is 2.21 bits per heavy atom. The maximum Gasteiger partial charge on any atom is 0.306 e. The summed E-state index contributed by atoms with van der Waals surface area (Å²) in [4.78, 5) is 11.4. The molecule has 0 spiro atoms. The summed E-state index contributed by atoms with van der Waals surface area (Å²) in [6.07, 6.45) is 1.53. The lowest BCUT2D eigenvalue weighted by molar-refractivity contribution is -0.143. The number of aromatic nitrogens is 1. The summed E-state index contributed by atoms with van der Waals surface area (Å²) < 4.78 is 33.3. The van der Waals surface area contributed by atoms with Crippen LogP contribution in [0.2, 0.25) is 5.22 Å². The van der Waals surface area contributed by atoms with Crippen molar-refractivity contribution in [1.29, 1.82) is 0 Å². The molecule has 9 heteroatoms. The molecule has 0 atom stereocenters. The molecule has 0 aliphatic rings. The number of hydrogen-bond donors (Lipinski definition) is 1. The quantitative estimate of drug-likeness (QED) is 0.587. The predicted octanol–water partition coefficient (Wildman–Crippen LogP) is 0.661. The molecule has 0 saturated carbocycles. The molecule has 1 aromatic rings. The molecule has 0 aromatic carbocycles. The Bertz CT molecular complexity index is 521. The first kappa shape index (κ1) is 15.9. The van der Waals surface area contributed by atoms with E-state index in [4.69, 9.17) is 20.9 Å². The zero-order valence-corrected chi connectivity index (χ0v) is 12.2. The minimum Gasteiger partial charge on any atom is -0.464 e. The molecule has 0 aliphatic carbocycles. The van der Waals surface area contributed by atoms with Crippen molar-refractivity contribution in [1.82, 2.24) is 9.88 Å². The second kappa shape index (κ2) is 6.88. The first-order valence-electron chi connectivity index (χ1n) is 5.50. The number of halogens is 1. The predicted molar refractivity (Wildman–Crippen MR) is 68.4 cm³/mol. The van der Waals surface area contributed by atoms with Crippen molar-refractivity contribution < 1.29 is 22.5 Å². The summed E-state index contributed by atoms with van der Waals surface area (Å²) in [6.45, 7) is 1.77. The van der Waals surface area contributed by atoms with Crippen LogP contribution in [-0.4, -0.2) is 39.0 Å². The lowest BCUT2D eigenvalue weighted by Gasteiger charge is -2.05. The monoisotopic (exact) mass is 310 g/mol. The van der Waals surface area contributed by atoms with Crippen LogP contribution < -0.4 is 4.72 Å². The normalized spacial score (nSPS) is 11.5. The molecular formula is C10H15ClN2O5S. The number of carbonyl (C=O) groups is 1. The molecular weight excluding hydrogens is 296 g/mol. The fraction of sp³-hybridized carbons (Fsp3) is 0.600. The Labute approximate surface area is 116 Å². The van der Waals surface area contributed by atoms with Crippen molar-refractivity contribution >= 4 is 27.6 Å². The van der Waals surface area contributed by atoms with Gasteiger partial charge >= 0.3 is 5.97 Å². The molecule has 0 radical (unpaired) electrons. The van der Waals surface area contributed by atoms with E-state index in [-0.39, 0.29) is 24.8 Å². The number of aryl methyl sites for hydroxylation is 1. The number of rotatable bonds is 7. The Morgan fingerprint density at radius 1 is 1.53 bits per heavy atom. The van der Waals surface area contributed by atoms with Crippen molar-refractivity contribution in [3.63, 3.8) is 0 Å². The van der Waals surface area contributed by atoms with Crippen molar-refractivity contribution in [2.24, 2.45) is 0 Å². The Morgan fingerprint density at radius 3 is 2.74 bits per heavy atom. The van der Waals surface area contributed by atoms with Crippen molar-refractivity contribution in [3.8, 4) is 0 Å². The number of hydrogen-bond acceptors (Lipinski definition) is 6. The van der Waals surface area contributed by atoms with Gasteiger partial charge in [-0.2, -0.15) is 0 Å². The molecule has 1 heterocycles. The van der Waals surface area contributed by atoms with E-state index in [0.717, 1.165) is 6.26 Å². The molecule has 0 saturated heterocycles. The van der Waals surface area contributed by atoms with E-state index in [0.29, 0.717) is 17.7 Å². The average Bonchev–Trinajstić information content (AvgIpc) is 2.61. The summed E-state index contributed by atoms with van der Waals surface area (Å²) in [6, 6.07) is 0. The van der Waals surface area contributed by atoms with Crippen LogP contribution in [0.15, 0.2) is 4.52 Å². The molecule has 1 rings (SSSR count). The molecule has 0 amide bonds. The molecule has 1 N–H and O–H groups in total. The van der Waals surface area contributed by atoms with Gasteiger partial charge in [-0.25, -0.2) is 13.1 Å². The zero-order valence-electron chi connectivity index (χ0n) is 10.6. The van der Waals surface area contributed by atoms with Gasteiger partial charge in [-0.15, -0.1) is 0 Å². The van der Waals surface area contributed by atoms with Gasteiger partial charge in [-0.3, -0.25) is 4.79 Å². The highest BCUT2D eigenvalue weighted by atomic mass is 35.5. The van der Waals surface area contributed by atoms with Crippen LogP contribution in [0.5, 0.6) is 0 Å². The number of sulfonamides is 1. The van der Waals surface area contributed by atoms with Crippen molar-refractivity contribution in [2.75, 3.05) is 19.4 Å². The third-order valence-corrected chi connectivity index (χ3v) is 3.27. The van der Waals surface area contributed by atoms with E-state index >= 15 is 0 Å². The number of nitrogens with one attached hydrogen (secondary N) is 1. The van der Waals surface area contributed by atoms with E-state index in [2.05, 4.69) is 9.88 Å². The van der Waals surface area contributed by atoms with Crippen LogP contribution in [0.3, 0.4) is 0 Å². The molecule has 19 heavy (non-hydrogen) atoms. The SMILES string of the molecule is Cc1noc(Cl)c1CCC(=O)OCCNS(C)(=O)=O. The fourth-order valence-corrected chi connectivity index (χ4v) is 2.05. The van der Waals surface area contributed by atoms with Crippen LogP contribution >= 0.6 is 11.6 Å². The summed E-state index contributed by atoms with van der Waals surface area (Å²) in [5.41, 5.74) is 1.31. The second-order valence-electron chi connectivity index (χ2n) is 3.91. The lowest BCUT2D eigenvalue weighted by Crippen LogP contribution is -2.26. The minimum absolute atomic E-state index is 0.0117. The number of carbonyl (C=O) groups excluding carboxylic acids is 1. The second-order valence-corrected chi connectivity index (χ2v) is 6.08. The Balaban J connectivity index is 2.25. The van der Waals surface area contributed by atoms with Crippen LogP contribution in [-0.2, 0) is 26.0 Å². The molecule has 0 fully saturated rings. The Kier molecular flexibility index (Phi) is 5.77. The van der Waals surface area contributed by atoms with E-state index in [1.54, 1.807) is 6.92 Å². The van der Waals surface area contributed by atoms with Gasteiger partial charge in [0.15, 0.2) is 0 Å². The maximum absolute atomic E-state index is 11.4. The van der Waals surface area contributed by atoms with Crippen LogP contribution in [0.4, 0.5) is 0 Å². The van der Waals surface area contributed by atoms with Crippen molar-refractivity contribution in [3.05, 3.63) is 16.5 Å². The van der Waals surface area contributed by atoms with Gasteiger partial charge in [0.25, 0.3) is 0 Å². The standard InChI is InChI=1S/C10H15ClN2O5S/c1-7-8(10(11)18-13-7)3-4-9(14)17-6-5-12-19(2,15)16/h12H,3-6H2,1-2H3. The molecule has 1 aromatic heterocycles. The van der Waals surface area contributed by atoms with Gasteiger partial charge in [0.1, 0.15) is 6.61 Å². The van der Waals surface area contributed by atoms with Gasteiger partial charge in [-0.1, -0.05) is 5.16 Å². The van der Waals surface area contributed by atoms with E-state index < -0.39 is 16.0 Å². The zero-order chi connectivity index (χ0) is 14.5. The summed E-state index contributed by atoms with van der Waals surface area (Å²) in [7, 11) is -3.26. The van der Waals surface area contributed by atoms with Gasteiger partial charge in [-0.05, 0) is 24.9 Å². The molecule has 0 bridgehead atoms. The molecule has 7 nitrogen and oxygen atoms in total. The van der Waals surface area contributed by atoms with Crippen LogP contribution in [0, 0.1) is 6.92 Å². The summed E-state index contributed by atoms with van der Waals surface area (Å²) in [5.74, 6) is -0.438. The van der Waals surface area contributed by atoms with E-state index in [1.807, 2.05) is 0 Å². The highest BCUT2D eigenvalue weighted by molar-refractivity contribution is 7.88. The average molecular weight is 311 g/mol. The highest BCUT2D eigenvalue weighted by Gasteiger charge is 2.13. The first-order chi connectivity index (χ1) is 8.79. The van der Waals surface area contributed by atoms with Crippen molar-refractivity contribution in [2.45, 2.75) is 19.8 Å². The molecule has 108 valence electrons. The lowest BCUT2D eigenvalue weighted by atomic mass is 10.1. The fourth-order valence-electron chi connectivity index (χ4n) is 1.33. The Hall–Kier alpha value is -1.12. The summed E-state index contributed by atoms with van der Waals surface area (Å²) in [5, 5.41) is 3.83. The van der Waals surface area contributed by atoms with Gasteiger partial charge in [0, 0.05) is 18.5 Å². The summed E-state index contributed by atoms with van der Waals surface area (Å²) >= 11 is 5.75. The van der Waals surface area contributed by atoms with E-state index in [1.165, 1.54) is 0 Å². The van der Waals surface area contributed by atoms with Gasteiger partial charge in [0.05, 0.1) is 11.9 Å². The first-order valence-corrected chi connectivity index (χ1v) is 7.77. The number of ether oxygens (including phenoxy) is 1. The third kappa shape index (κ3) is 6.04. The maximum atomic E-state index is 11.4. The van der Waals surface area contributed by atoms with Gasteiger partial charge < -0.3 is 9.26 Å². The number of esters is 1. The third-order valence-electron chi connectivity index (χ3n) is 2.25. The largest absolute Gasteiger partial charge is 0.464 e. The minimum atomic E-state index is -3.26. The van der Waals surface area contributed by atoms with Crippen LogP contribution in [0.1, 0.15) is 17.7 Å². The van der Waals surface area contributed by atoms with Crippen LogP contribution in [0.25, 0.3) is 0 Å². The number of nitrogens with zero attached hydrogens (tertiary/aromatic N) is 1. The highest BCUT2D eigenvalue weighted by Crippen LogP contribution is 2.20. The smallest absolute Gasteiger partial charge is 0.306 e. The molecule has 0 unspecified atom stereocenters. The van der Waals surface area contributed by atoms with Gasteiger partial charge in [0.2, 0.25) is 15.2 Å². The topological polar surface area (TPSA) is 98.5 Å².